The van der Waals surface area contributed by atoms with Crippen LogP contribution in [0.1, 0.15) is 30.5 Å². The Morgan fingerprint density at radius 1 is 1.09 bits per heavy atom. The maximum absolute atomic E-state index is 13.7. The van der Waals surface area contributed by atoms with Crippen LogP contribution in [-0.2, 0) is 22.1 Å². The molecule has 178 valence electrons. The van der Waals surface area contributed by atoms with Gasteiger partial charge in [0, 0.05) is 38.1 Å². The summed E-state index contributed by atoms with van der Waals surface area (Å²) in [4.78, 5) is 6.82. The van der Waals surface area contributed by atoms with Crippen LogP contribution in [0.25, 0.3) is 0 Å². The summed E-state index contributed by atoms with van der Waals surface area (Å²) in [6, 6.07) is 12.5. The molecule has 9 heteroatoms. The summed E-state index contributed by atoms with van der Waals surface area (Å²) in [5.74, 6) is 0.0684. The van der Waals surface area contributed by atoms with Crippen LogP contribution in [-0.4, -0.2) is 46.8 Å². The minimum absolute atomic E-state index is 0. The van der Waals surface area contributed by atoms with Gasteiger partial charge in [0.05, 0.1) is 12.3 Å². The molecule has 0 spiro atoms. The third-order valence-electron chi connectivity index (χ3n) is 4.76. The minimum Gasteiger partial charge on any atom is -0.370 e. The summed E-state index contributed by atoms with van der Waals surface area (Å²) in [5.41, 5.74) is 3.54. The van der Waals surface area contributed by atoms with Crippen molar-refractivity contribution in [3.63, 3.8) is 0 Å². The van der Waals surface area contributed by atoms with E-state index in [2.05, 4.69) is 58.6 Å². The number of aliphatic imine (C=N–C) groups is 1. The lowest BCUT2D eigenvalue weighted by molar-refractivity contribution is 0.600. The van der Waals surface area contributed by atoms with Crippen LogP contribution in [0.4, 0.5) is 10.1 Å². The largest absolute Gasteiger partial charge is 0.370 e. The molecule has 0 radical (unpaired) electrons. The monoisotopic (exact) mass is 576 g/mol. The Kier molecular flexibility index (Phi) is 12.0. The molecule has 2 rings (SSSR count). The summed E-state index contributed by atoms with van der Waals surface area (Å²) in [6.07, 6.45) is 1.17. The lowest BCUT2D eigenvalue weighted by Crippen LogP contribution is -2.41. The molecule has 0 heterocycles. The second kappa shape index (κ2) is 13.6. The van der Waals surface area contributed by atoms with Gasteiger partial charge in [-0.2, -0.15) is 0 Å². The number of rotatable bonds is 10. The number of nitrogens with one attached hydrogen (secondary N) is 2. The average Bonchev–Trinajstić information content (AvgIpc) is 2.70. The van der Waals surface area contributed by atoms with Gasteiger partial charge in [0.2, 0.25) is 0 Å². The first-order valence-electron chi connectivity index (χ1n) is 10.5. The van der Waals surface area contributed by atoms with E-state index in [9.17, 15) is 12.8 Å². The summed E-state index contributed by atoms with van der Waals surface area (Å²) in [6.45, 7) is 9.39. The van der Waals surface area contributed by atoms with E-state index >= 15 is 0 Å². The highest BCUT2D eigenvalue weighted by molar-refractivity contribution is 14.0. The van der Waals surface area contributed by atoms with Gasteiger partial charge in [-0.3, -0.25) is 0 Å². The van der Waals surface area contributed by atoms with Crippen LogP contribution in [0, 0.1) is 12.7 Å². The molecule has 32 heavy (non-hydrogen) atoms. The van der Waals surface area contributed by atoms with E-state index in [0.29, 0.717) is 30.2 Å². The lowest BCUT2D eigenvalue weighted by Gasteiger charge is -2.24. The zero-order valence-electron chi connectivity index (χ0n) is 19.2. The lowest BCUT2D eigenvalue weighted by atomic mass is 10.1. The fourth-order valence-corrected chi connectivity index (χ4v) is 4.12. The summed E-state index contributed by atoms with van der Waals surface area (Å²) in [7, 11) is -3.23. The normalized spacial score (nSPS) is 11.6. The van der Waals surface area contributed by atoms with Crippen LogP contribution in [0.2, 0.25) is 0 Å². The van der Waals surface area contributed by atoms with Crippen LogP contribution in [0.15, 0.2) is 47.5 Å². The van der Waals surface area contributed by atoms with E-state index in [0.717, 1.165) is 13.1 Å². The van der Waals surface area contributed by atoms with Crippen LogP contribution in [0.5, 0.6) is 0 Å². The number of hydrogen-bond donors (Lipinski definition) is 2. The number of benzene rings is 2. The van der Waals surface area contributed by atoms with E-state index in [-0.39, 0.29) is 36.3 Å². The highest BCUT2D eigenvalue weighted by atomic mass is 127. The first-order chi connectivity index (χ1) is 14.7. The van der Waals surface area contributed by atoms with Crippen molar-refractivity contribution >= 4 is 45.5 Å². The maximum Gasteiger partial charge on any atom is 0.191 e. The van der Waals surface area contributed by atoms with Crippen molar-refractivity contribution in [2.24, 2.45) is 4.99 Å². The van der Waals surface area contributed by atoms with Gasteiger partial charge in [0.1, 0.15) is 5.82 Å². The molecule has 0 saturated heterocycles. The molecular formula is C23H34FIN4O2S. The molecule has 2 N–H and O–H groups in total. The standard InChI is InChI=1S/C23H33FN4O2S.HI/c1-5-25-23(26-12-13-28(6-2)22-9-7-8-18(3)14-22)27-16-20-15-21(24)11-10-19(20)17-31(4,29)30;/h7-11,14-15H,5-6,12-13,16-17H2,1-4H3,(H2,25,26,27);1H. The average molecular weight is 577 g/mol. The fourth-order valence-electron chi connectivity index (χ4n) is 3.27. The summed E-state index contributed by atoms with van der Waals surface area (Å²) >= 11 is 0. The van der Waals surface area contributed by atoms with Crippen LogP contribution >= 0.6 is 24.0 Å². The Labute approximate surface area is 208 Å². The van der Waals surface area contributed by atoms with Crippen molar-refractivity contribution in [2.45, 2.75) is 33.1 Å². The zero-order chi connectivity index (χ0) is 22.9. The maximum atomic E-state index is 13.7. The highest BCUT2D eigenvalue weighted by Gasteiger charge is 2.11. The van der Waals surface area contributed by atoms with Crippen molar-refractivity contribution in [3.05, 3.63) is 65.0 Å². The van der Waals surface area contributed by atoms with Gasteiger partial charge in [-0.15, -0.1) is 24.0 Å². The van der Waals surface area contributed by atoms with Crippen molar-refractivity contribution in [1.82, 2.24) is 10.6 Å². The molecule has 0 bridgehead atoms. The summed E-state index contributed by atoms with van der Waals surface area (Å²) < 4.78 is 37.1. The highest BCUT2D eigenvalue weighted by Crippen LogP contribution is 2.16. The van der Waals surface area contributed by atoms with Gasteiger partial charge in [0.15, 0.2) is 15.8 Å². The molecule has 6 nitrogen and oxygen atoms in total. The molecule has 0 amide bonds. The number of halogens is 2. The molecule has 0 atom stereocenters. The van der Waals surface area contributed by atoms with Crippen LogP contribution in [0.3, 0.4) is 0 Å². The molecule has 2 aromatic carbocycles. The Bertz CT molecular complexity index is 999. The molecule has 0 aliphatic rings. The van der Waals surface area contributed by atoms with Crippen LogP contribution < -0.4 is 15.5 Å². The van der Waals surface area contributed by atoms with E-state index < -0.39 is 15.7 Å². The quantitative estimate of drug-likeness (QED) is 0.255. The number of aryl methyl sites for hydroxylation is 1. The summed E-state index contributed by atoms with van der Waals surface area (Å²) in [5, 5.41) is 6.49. The van der Waals surface area contributed by atoms with Gasteiger partial charge in [-0.05, 0) is 61.7 Å². The van der Waals surface area contributed by atoms with Gasteiger partial charge in [-0.25, -0.2) is 17.8 Å². The minimum atomic E-state index is -3.23. The number of sulfone groups is 1. The Morgan fingerprint density at radius 2 is 1.84 bits per heavy atom. The van der Waals surface area contributed by atoms with E-state index in [1.807, 2.05) is 6.92 Å². The molecule has 0 aliphatic carbocycles. The smallest absolute Gasteiger partial charge is 0.191 e. The molecule has 2 aromatic rings. The van der Waals surface area contributed by atoms with E-state index in [1.54, 1.807) is 0 Å². The van der Waals surface area contributed by atoms with Gasteiger partial charge < -0.3 is 15.5 Å². The number of guanidine groups is 1. The Morgan fingerprint density at radius 3 is 2.47 bits per heavy atom. The molecule has 0 saturated carbocycles. The third kappa shape index (κ3) is 9.72. The van der Waals surface area contributed by atoms with E-state index in [1.165, 1.54) is 35.7 Å². The molecule has 0 aliphatic heterocycles. The molecule has 0 fully saturated rings. The van der Waals surface area contributed by atoms with Gasteiger partial charge >= 0.3 is 0 Å². The number of likely N-dealkylation sites (N-methyl/N-ethyl adjacent to an activating group) is 1. The molecular weight excluding hydrogens is 542 g/mol. The Balaban J connectivity index is 0.00000512. The van der Waals surface area contributed by atoms with Gasteiger partial charge in [0.25, 0.3) is 0 Å². The first kappa shape index (κ1) is 28.2. The first-order valence-corrected chi connectivity index (χ1v) is 12.6. The van der Waals surface area contributed by atoms with Crippen molar-refractivity contribution < 1.29 is 12.8 Å². The van der Waals surface area contributed by atoms with Crippen molar-refractivity contribution in [1.29, 1.82) is 0 Å². The number of anilines is 1. The zero-order valence-corrected chi connectivity index (χ0v) is 22.3. The second-order valence-electron chi connectivity index (χ2n) is 7.52. The number of nitrogens with zero attached hydrogens (tertiary/aromatic N) is 2. The van der Waals surface area contributed by atoms with Crippen molar-refractivity contribution in [2.75, 3.05) is 37.3 Å². The fraction of sp³-hybridized carbons (Fsp3) is 0.435. The van der Waals surface area contributed by atoms with Crippen molar-refractivity contribution in [3.8, 4) is 0 Å². The number of hydrogen-bond acceptors (Lipinski definition) is 4. The van der Waals surface area contributed by atoms with Gasteiger partial charge in [-0.1, -0.05) is 18.2 Å². The molecule has 0 aromatic heterocycles. The predicted molar refractivity (Wildman–Crippen MR) is 142 cm³/mol. The SMILES string of the molecule is CCNC(=NCc1cc(F)ccc1CS(C)(=O)=O)NCCN(CC)c1cccc(C)c1.I. The predicted octanol–water partition coefficient (Wildman–Crippen LogP) is 3.88. The third-order valence-corrected chi connectivity index (χ3v) is 5.60. The topological polar surface area (TPSA) is 73.8 Å². The Hall–Kier alpha value is -1.88. The second-order valence-corrected chi connectivity index (χ2v) is 9.66. The molecule has 0 unspecified atom stereocenters. The van der Waals surface area contributed by atoms with E-state index in [4.69, 9.17) is 0 Å².